The number of amides is 1. The Morgan fingerprint density at radius 2 is 2.20 bits per heavy atom. The van der Waals surface area contributed by atoms with Crippen LogP contribution in [0.3, 0.4) is 0 Å². The summed E-state index contributed by atoms with van der Waals surface area (Å²) in [6.45, 7) is 3.74. The van der Waals surface area contributed by atoms with Gasteiger partial charge in [-0.2, -0.15) is 0 Å². The normalized spacial score (nSPS) is 12.4. The molecule has 0 radical (unpaired) electrons. The SMILES string of the molecule is CCc1cccn(C(CC)C(N)=O)c1=O. The third-order valence-corrected chi connectivity index (χ3v) is 2.49. The molecule has 82 valence electrons. The number of pyridine rings is 1. The Labute approximate surface area is 88.7 Å². The van der Waals surface area contributed by atoms with Crippen LogP contribution in [0.2, 0.25) is 0 Å². The highest BCUT2D eigenvalue weighted by atomic mass is 16.2. The molecule has 0 aliphatic heterocycles. The number of aromatic nitrogens is 1. The summed E-state index contributed by atoms with van der Waals surface area (Å²) in [6.07, 6.45) is 2.80. The van der Waals surface area contributed by atoms with Crippen LogP contribution in [0.1, 0.15) is 31.9 Å². The third kappa shape index (κ3) is 2.26. The van der Waals surface area contributed by atoms with E-state index in [0.717, 1.165) is 0 Å². The van der Waals surface area contributed by atoms with Crippen LogP contribution in [0, 0.1) is 0 Å². The Hall–Kier alpha value is -1.58. The first-order valence-electron chi connectivity index (χ1n) is 5.11. The monoisotopic (exact) mass is 208 g/mol. The second-order valence-corrected chi connectivity index (χ2v) is 3.43. The van der Waals surface area contributed by atoms with Gasteiger partial charge in [0, 0.05) is 11.8 Å². The molecule has 15 heavy (non-hydrogen) atoms. The van der Waals surface area contributed by atoms with E-state index in [9.17, 15) is 9.59 Å². The van der Waals surface area contributed by atoms with E-state index in [0.29, 0.717) is 18.4 Å². The highest BCUT2D eigenvalue weighted by molar-refractivity contribution is 5.78. The summed E-state index contributed by atoms with van der Waals surface area (Å²) in [6, 6.07) is 3.00. The predicted octanol–water partition coefficient (Wildman–Crippen LogP) is 0.847. The Bertz CT molecular complexity index is 409. The quantitative estimate of drug-likeness (QED) is 0.797. The maximum absolute atomic E-state index is 11.9. The highest BCUT2D eigenvalue weighted by Gasteiger charge is 2.16. The highest BCUT2D eigenvalue weighted by Crippen LogP contribution is 2.07. The van der Waals surface area contributed by atoms with Crippen molar-refractivity contribution in [3.05, 3.63) is 34.2 Å². The molecule has 4 nitrogen and oxygen atoms in total. The molecular weight excluding hydrogens is 192 g/mol. The summed E-state index contributed by atoms with van der Waals surface area (Å²) in [7, 11) is 0. The minimum atomic E-state index is -0.538. The Morgan fingerprint density at radius 1 is 1.53 bits per heavy atom. The topological polar surface area (TPSA) is 65.1 Å². The molecule has 0 aliphatic rings. The van der Waals surface area contributed by atoms with E-state index in [4.69, 9.17) is 5.73 Å². The van der Waals surface area contributed by atoms with Gasteiger partial charge < -0.3 is 10.3 Å². The Balaban J connectivity index is 3.24. The number of aryl methyl sites for hydroxylation is 1. The molecule has 0 saturated carbocycles. The van der Waals surface area contributed by atoms with Crippen molar-refractivity contribution in [1.82, 2.24) is 4.57 Å². The molecule has 0 fully saturated rings. The van der Waals surface area contributed by atoms with Crippen molar-refractivity contribution in [2.45, 2.75) is 32.7 Å². The largest absolute Gasteiger partial charge is 0.368 e. The molecular formula is C11H16N2O2. The molecule has 1 unspecified atom stereocenters. The van der Waals surface area contributed by atoms with Crippen molar-refractivity contribution in [2.24, 2.45) is 5.73 Å². The first kappa shape index (κ1) is 11.5. The summed E-state index contributed by atoms with van der Waals surface area (Å²) < 4.78 is 1.42. The van der Waals surface area contributed by atoms with E-state index in [-0.39, 0.29) is 5.56 Å². The molecule has 1 amide bonds. The number of rotatable bonds is 4. The number of hydrogen-bond acceptors (Lipinski definition) is 2. The number of carbonyl (C=O) groups is 1. The molecule has 1 atom stereocenters. The van der Waals surface area contributed by atoms with Crippen LogP contribution in [0.5, 0.6) is 0 Å². The number of primary amides is 1. The first-order chi connectivity index (χ1) is 7.11. The molecule has 0 aromatic carbocycles. The van der Waals surface area contributed by atoms with Gasteiger partial charge >= 0.3 is 0 Å². The van der Waals surface area contributed by atoms with Crippen LogP contribution in [0.15, 0.2) is 23.1 Å². The lowest BCUT2D eigenvalue weighted by Gasteiger charge is -2.15. The second-order valence-electron chi connectivity index (χ2n) is 3.43. The van der Waals surface area contributed by atoms with Gasteiger partial charge in [0.1, 0.15) is 6.04 Å². The predicted molar refractivity (Wildman–Crippen MR) is 58.6 cm³/mol. The third-order valence-electron chi connectivity index (χ3n) is 2.49. The minimum absolute atomic E-state index is 0.120. The van der Waals surface area contributed by atoms with Crippen LogP contribution in [-0.2, 0) is 11.2 Å². The van der Waals surface area contributed by atoms with Crippen LogP contribution >= 0.6 is 0 Å². The van der Waals surface area contributed by atoms with Gasteiger partial charge in [-0.3, -0.25) is 9.59 Å². The summed E-state index contributed by atoms with van der Waals surface area (Å²) >= 11 is 0. The second kappa shape index (κ2) is 4.77. The molecule has 0 spiro atoms. The Kier molecular flexibility index (Phi) is 3.66. The van der Waals surface area contributed by atoms with E-state index in [1.54, 1.807) is 18.3 Å². The molecule has 1 rings (SSSR count). The molecule has 0 saturated heterocycles. The van der Waals surface area contributed by atoms with E-state index >= 15 is 0 Å². The van der Waals surface area contributed by atoms with Crippen LogP contribution in [0.4, 0.5) is 0 Å². The fourth-order valence-corrected chi connectivity index (χ4v) is 1.61. The minimum Gasteiger partial charge on any atom is -0.368 e. The number of nitrogens with two attached hydrogens (primary N) is 1. The van der Waals surface area contributed by atoms with Gasteiger partial charge in [-0.15, -0.1) is 0 Å². The lowest BCUT2D eigenvalue weighted by Crippen LogP contribution is -2.34. The van der Waals surface area contributed by atoms with Gasteiger partial charge in [0.2, 0.25) is 5.91 Å². The van der Waals surface area contributed by atoms with E-state index in [2.05, 4.69) is 0 Å². The van der Waals surface area contributed by atoms with Gasteiger partial charge in [-0.1, -0.05) is 19.9 Å². The van der Waals surface area contributed by atoms with Crippen LogP contribution in [0.25, 0.3) is 0 Å². The van der Waals surface area contributed by atoms with E-state index in [1.165, 1.54) is 4.57 Å². The van der Waals surface area contributed by atoms with Crippen molar-refractivity contribution in [3.8, 4) is 0 Å². The molecule has 0 aliphatic carbocycles. The average Bonchev–Trinajstić information content (AvgIpc) is 2.21. The molecule has 2 N–H and O–H groups in total. The lowest BCUT2D eigenvalue weighted by atomic mass is 10.1. The van der Waals surface area contributed by atoms with Crippen LogP contribution < -0.4 is 11.3 Å². The van der Waals surface area contributed by atoms with Crippen molar-refractivity contribution < 1.29 is 4.79 Å². The zero-order valence-corrected chi connectivity index (χ0v) is 9.06. The molecule has 1 aromatic rings. The van der Waals surface area contributed by atoms with Crippen LogP contribution in [-0.4, -0.2) is 10.5 Å². The van der Waals surface area contributed by atoms with E-state index < -0.39 is 11.9 Å². The van der Waals surface area contributed by atoms with Gasteiger partial charge in [0.25, 0.3) is 5.56 Å². The number of carbonyl (C=O) groups excluding carboxylic acids is 1. The fraction of sp³-hybridized carbons (Fsp3) is 0.455. The first-order valence-corrected chi connectivity index (χ1v) is 5.11. The maximum Gasteiger partial charge on any atom is 0.254 e. The number of hydrogen-bond donors (Lipinski definition) is 1. The van der Waals surface area contributed by atoms with Crippen molar-refractivity contribution >= 4 is 5.91 Å². The summed E-state index contributed by atoms with van der Waals surface area (Å²) in [5.74, 6) is -0.465. The van der Waals surface area contributed by atoms with Gasteiger partial charge in [0.05, 0.1) is 0 Å². The van der Waals surface area contributed by atoms with Crippen molar-refractivity contribution in [1.29, 1.82) is 0 Å². The van der Waals surface area contributed by atoms with Crippen molar-refractivity contribution in [3.63, 3.8) is 0 Å². The standard InChI is InChI=1S/C11H16N2O2/c1-3-8-6-5-7-13(11(8)15)9(4-2)10(12)14/h5-7,9H,3-4H2,1-2H3,(H2,12,14). The molecule has 1 aromatic heterocycles. The zero-order chi connectivity index (χ0) is 11.4. The molecule has 4 heteroatoms. The lowest BCUT2D eigenvalue weighted by molar-refractivity contribution is -0.121. The maximum atomic E-state index is 11.9. The van der Waals surface area contributed by atoms with Gasteiger partial charge in [-0.05, 0) is 18.9 Å². The smallest absolute Gasteiger partial charge is 0.254 e. The fourth-order valence-electron chi connectivity index (χ4n) is 1.61. The Morgan fingerprint density at radius 3 is 2.67 bits per heavy atom. The number of nitrogens with zero attached hydrogens (tertiary/aromatic N) is 1. The summed E-state index contributed by atoms with van der Waals surface area (Å²) in [5.41, 5.74) is 5.83. The zero-order valence-electron chi connectivity index (χ0n) is 9.06. The molecule has 0 bridgehead atoms. The molecule has 1 heterocycles. The summed E-state index contributed by atoms with van der Waals surface area (Å²) in [4.78, 5) is 23.0. The summed E-state index contributed by atoms with van der Waals surface area (Å²) in [5, 5.41) is 0. The van der Waals surface area contributed by atoms with Gasteiger partial charge in [-0.25, -0.2) is 0 Å². The van der Waals surface area contributed by atoms with E-state index in [1.807, 2.05) is 13.8 Å². The van der Waals surface area contributed by atoms with Crippen molar-refractivity contribution in [2.75, 3.05) is 0 Å². The average molecular weight is 208 g/mol. The van der Waals surface area contributed by atoms with Gasteiger partial charge in [0.15, 0.2) is 0 Å².